The average molecular weight is 281 g/mol. The summed E-state index contributed by atoms with van der Waals surface area (Å²) < 4.78 is 10.7. The van der Waals surface area contributed by atoms with Gasteiger partial charge >= 0.3 is 5.97 Å². The molecule has 4 heteroatoms. The van der Waals surface area contributed by atoms with Crippen LogP contribution in [-0.2, 0) is 4.79 Å². The van der Waals surface area contributed by atoms with Crippen LogP contribution in [0.4, 0.5) is 0 Å². The number of ether oxygens (including phenoxy) is 2. The number of aryl methyl sites for hydroxylation is 2. The fourth-order valence-electron chi connectivity index (χ4n) is 1.93. The van der Waals surface area contributed by atoms with Gasteiger partial charge < -0.3 is 9.47 Å². The summed E-state index contributed by atoms with van der Waals surface area (Å²) in [5.41, 5.74) is 2.17. The molecule has 0 aliphatic carbocycles. The molecule has 2 aromatic carbocycles. The number of nitriles is 1. The average Bonchev–Trinajstić information content (AvgIpc) is 2.49. The van der Waals surface area contributed by atoms with Crippen LogP contribution in [0.15, 0.2) is 42.5 Å². The van der Waals surface area contributed by atoms with Crippen molar-refractivity contribution in [3.63, 3.8) is 0 Å². The van der Waals surface area contributed by atoms with Crippen molar-refractivity contribution in [1.82, 2.24) is 0 Å². The number of benzene rings is 2. The molecule has 0 saturated carbocycles. The van der Waals surface area contributed by atoms with E-state index in [0.29, 0.717) is 17.1 Å². The zero-order chi connectivity index (χ0) is 15.2. The zero-order valence-corrected chi connectivity index (χ0v) is 11.9. The van der Waals surface area contributed by atoms with E-state index in [4.69, 9.17) is 14.7 Å². The third kappa shape index (κ3) is 3.61. The van der Waals surface area contributed by atoms with Gasteiger partial charge in [-0.15, -0.1) is 0 Å². The lowest BCUT2D eigenvalue weighted by atomic mass is 10.1. The molecule has 0 heterocycles. The van der Waals surface area contributed by atoms with Crippen LogP contribution in [0.25, 0.3) is 0 Å². The van der Waals surface area contributed by atoms with Crippen molar-refractivity contribution in [3.8, 4) is 17.6 Å². The number of rotatable bonds is 4. The molecule has 0 aliphatic heterocycles. The van der Waals surface area contributed by atoms with Gasteiger partial charge in [0.25, 0.3) is 0 Å². The van der Waals surface area contributed by atoms with Crippen LogP contribution in [0, 0.1) is 25.2 Å². The third-order valence-electron chi connectivity index (χ3n) is 2.98. The molecule has 0 bridgehead atoms. The largest absolute Gasteiger partial charge is 0.481 e. The molecule has 0 amide bonds. The number of carbonyl (C=O) groups is 1. The molecule has 106 valence electrons. The zero-order valence-electron chi connectivity index (χ0n) is 11.9. The van der Waals surface area contributed by atoms with E-state index in [1.54, 1.807) is 24.3 Å². The molecule has 0 fully saturated rings. The molecule has 0 aliphatic rings. The Morgan fingerprint density at radius 1 is 1.10 bits per heavy atom. The number of hydrogen-bond donors (Lipinski definition) is 0. The van der Waals surface area contributed by atoms with Gasteiger partial charge in [-0.2, -0.15) is 5.26 Å². The van der Waals surface area contributed by atoms with Crippen molar-refractivity contribution in [2.24, 2.45) is 0 Å². The SMILES string of the molecule is Cc1cccc(C)c1OC(=O)COc1ccccc1C#N. The van der Waals surface area contributed by atoms with Gasteiger partial charge in [-0.1, -0.05) is 30.3 Å². The molecule has 4 nitrogen and oxygen atoms in total. The van der Waals surface area contributed by atoms with Gasteiger partial charge in [0, 0.05) is 0 Å². The first kappa shape index (κ1) is 14.6. The number of esters is 1. The normalized spacial score (nSPS) is 9.76. The number of hydrogen-bond acceptors (Lipinski definition) is 4. The Morgan fingerprint density at radius 2 is 1.76 bits per heavy atom. The van der Waals surface area contributed by atoms with E-state index in [1.165, 1.54) is 0 Å². The van der Waals surface area contributed by atoms with Crippen LogP contribution < -0.4 is 9.47 Å². The van der Waals surface area contributed by atoms with E-state index in [2.05, 4.69) is 0 Å². The van der Waals surface area contributed by atoms with E-state index < -0.39 is 5.97 Å². The molecular weight excluding hydrogens is 266 g/mol. The van der Waals surface area contributed by atoms with E-state index in [0.717, 1.165) is 11.1 Å². The predicted molar refractivity (Wildman–Crippen MR) is 78.2 cm³/mol. The lowest BCUT2D eigenvalue weighted by Crippen LogP contribution is -2.19. The van der Waals surface area contributed by atoms with Gasteiger partial charge in [0.05, 0.1) is 5.56 Å². The maximum atomic E-state index is 11.9. The lowest BCUT2D eigenvalue weighted by molar-refractivity contribution is -0.136. The van der Waals surface area contributed by atoms with Gasteiger partial charge in [-0.3, -0.25) is 0 Å². The maximum absolute atomic E-state index is 11.9. The lowest BCUT2D eigenvalue weighted by Gasteiger charge is -2.11. The van der Waals surface area contributed by atoms with Crippen molar-refractivity contribution < 1.29 is 14.3 Å². The summed E-state index contributed by atoms with van der Waals surface area (Å²) >= 11 is 0. The highest BCUT2D eigenvalue weighted by Gasteiger charge is 2.11. The Morgan fingerprint density at radius 3 is 2.43 bits per heavy atom. The monoisotopic (exact) mass is 281 g/mol. The highest BCUT2D eigenvalue weighted by atomic mass is 16.6. The van der Waals surface area contributed by atoms with E-state index in [9.17, 15) is 4.79 Å². The molecule has 0 atom stereocenters. The first-order valence-corrected chi connectivity index (χ1v) is 6.50. The quantitative estimate of drug-likeness (QED) is 0.638. The molecule has 0 spiro atoms. The molecule has 0 radical (unpaired) electrons. The minimum Gasteiger partial charge on any atom is -0.481 e. The minimum atomic E-state index is -0.500. The van der Waals surface area contributed by atoms with Crippen LogP contribution in [-0.4, -0.2) is 12.6 Å². The number of carbonyl (C=O) groups excluding carboxylic acids is 1. The van der Waals surface area contributed by atoms with E-state index in [-0.39, 0.29) is 6.61 Å². The highest BCUT2D eigenvalue weighted by molar-refractivity contribution is 5.75. The smallest absolute Gasteiger partial charge is 0.349 e. The van der Waals surface area contributed by atoms with Crippen LogP contribution in [0.1, 0.15) is 16.7 Å². The summed E-state index contributed by atoms with van der Waals surface area (Å²) in [6.45, 7) is 3.51. The van der Waals surface area contributed by atoms with Gasteiger partial charge in [0.2, 0.25) is 0 Å². The first-order chi connectivity index (χ1) is 10.1. The van der Waals surface area contributed by atoms with Gasteiger partial charge in [-0.05, 0) is 37.1 Å². The van der Waals surface area contributed by atoms with E-state index in [1.807, 2.05) is 38.1 Å². The summed E-state index contributed by atoms with van der Waals surface area (Å²) in [7, 11) is 0. The Labute approximate surface area is 123 Å². The standard InChI is InChI=1S/C17H15NO3/c1-12-6-5-7-13(2)17(12)21-16(19)11-20-15-9-4-3-8-14(15)10-18/h3-9H,11H2,1-2H3. The van der Waals surface area contributed by atoms with Crippen LogP contribution in [0.5, 0.6) is 11.5 Å². The molecule has 2 rings (SSSR count). The van der Waals surface area contributed by atoms with Crippen LogP contribution in [0.3, 0.4) is 0 Å². The molecule has 0 saturated heterocycles. The minimum absolute atomic E-state index is 0.244. The predicted octanol–water partition coefficient (Wildman–Crippen LogP) is 3.16. The summed E-state index contributed by atoms with van der Waals surface area (Å²) in [6.07, 6.45) is 0. The molecular formula is C17H15NO3. The Bertz CT molecular complexity index is 681. The van der Waals surface area contributed by atoms with Crippen molar-refractivity contribution in [1.29, 1.82) is 5.26 Å². The van der Waals surface area contributed by atoms with E-state index >= 15 is 0 Å². The molecule has 0 N–H and O–H groups in total. The first-order valence-electron chi connectivity index (χ1n) is 6.50. The van der Waals surface area contributed by atoms with Gasteiger partial charge in [0.1, 0.15) is 17.6 Å². The Balaban J connectivity index is 2.02. The summed E-state index contributed by atoms with van der Waals surface area (Å²) in [6, 6.07) is 14.4. The second-order valence-electron chi connectivity index (χ2n) is 4.59. The molecule has 0 unspecified atom stereocenters. The van der Waals surface area contributed by atoms with Crippen LogP contribution in [0.2, 0.25) is 0 Å². The van der Waals surface area contributed by atoms with Crippen molar-refractivity contribution in [2.75, 3.05) is 6.61 Å². The summed E-state index contributed by atoms with van der Waals surface area (Å²) in [4.78, 5) is 11.9. The number of para-hydroxylation sites is 2. The highest BCUT2D eigenvalue weighted by Crippen LogP contribution is 2.22. The van der Waals surface area contributed by atoms with Crippen LogP contribution >= 0.6 is 0 Å². The second-order valence-corrected chi connectivity index (χ2v) is 4.59. The second kappa shape index (κ2) is 6.58. The summed E-state index contributed by atoms with van der Waals surface area (Å²) in [5, 5.41) is 8.95. The fourth-order valence-corrected chi connectivity index (χ4v) is 1.93. The third-order valence-corrected chi connectivity index (χ3v) is 2.98. The molecule has 2 aromatic rings. The Kier molecular flexibility index (Phi) is 4.57. The van der Waals surface area contributed by atoms with Crippen molar-refractivity contribution in [2.45, 2.75) is 13.8 Å². The number of nitrogens with zero attached hydrogens (tertiary/aromatic N) is 1. The molecule has 0 aromatic heterocycles. The topological polar surface area (TPSA) is 59.3 Å². The van der Waals surface area contributed by atoms with Gasteiger partial charge in [0.15, 0.2) is 6.61 Å². The Hall–Kier alpha value is -2.80. The van der Waals surface area contributed by atoms with Crippen molar-refractivity contribution in [3.05, 3.63) is 59.2 Å². The maximum Gasteiger partial charge on any atom is 0.349 e. The van der Waals surface area contributed by atoms with Crippen molar-refractivity contribution >= 4 is 5.97 Å². The summed E-state index contributed by atoms with van der Waals surface area (Å²) in [5.74, 6) is 0.429. The fraction of sp³-hybridized carbons (Fsp3) is 0.176. The molecule has 21 heavy (non-hydrogen) atoms. The van der Waals surface area contributed by atoms with Gasteiger partial charge in [-0.25, -0.2) is 4.79 Å².